The number of ether oxygens (including phenoxy) is 1. The summed E-state index contributed by atoms with van der Waals surface area (Å²) in [5.74, 6) is -3.83. The summed E-state index contributed by atoms with van der Waals surface area (Å²) in [4.78, 5) is 56.7. The normalized spacial score (nSPS) is 32.7. The molecule has 0 radical (unpaired) electrons. The van der Waals surface area contributed by atoms with E-state index in [4.69, 9.17) is 4.74 Å². The van der Waals surface area contributed by atoms with Gasteiger partial charge in [0.1, 0.15) is 0 Å². The minimum Gasteiger partial charge on any atom is -0.504 e. The molecule has 37 heavy (non-hydrogen) atoms. The van der Waals surface area contributed by atoms with Gasteiger partial charge in [-0.25, -0.2) is 4.90 Å². The highest BCUT2D eigenvalue weighted by Gasteiger charge is 2.67. The lowest BCUT2D eigenvalue weighted by molar-refractivity contribution is -0.138. The van der Waals surface area contributed by atoms with Crippen molar-refractivity contribution in [3.05, 3.63) is 65.7 Å². The molecule has 0 bridgehead atoms. The number of hydrogen-bond acceptors (Lipinski definition) is 6. The Labute approximate surface area is 214 Å². The van der Waals surface area contributed by atoms with E-state index in [0.717, 1.165) is 5.57 Å². The van der Waals surface area contributed by atoms with Crippen molar-refractivity contribution in [1.29, 1.82) is 0 Å². The Morgan fingerprint density at radius 3 is 2.38 bits per heavy atom. The maximum absolute atomic E-state index is 14.2. The molecule has 8 heteroatoms. The smallest absolute Gasteiger partial charge is 0.241 e. The van der Waals surface area contributed by atoms with Crippen molar-refractivity contribution in [1.82, 2.24) is 4.90 Å². The Morgan fingerprint density at radius 1 is 0.946 bits per heavy atom. The largest absolute Gasteiger partial charge is 0.504 e. The zero-order chi connectivity index (χ0) is 26.2. The second kappa shape index (κ2) is 8.03. The van der Waals surface area contributed by atoms with Crippen molar-refractivity contribution in [2.45, 2.75) is 25.7 Å². The first-order chi connectivity index (χ1) is 17.7. The van der Waals surface area contributed by atoms with E-state index in [2.05, 4.69) is 0 Å². The van der Waals surface area contributed by atoms with Crippen LogP contribution < -0.4 is 9.64 Å². The fourth-order valence-electron chi connectivity index (χ4n) is 7.28. The van der Waals surface area contributed by atoms with E-state index in [-0.39, 0.29) is 41.5 Å². The Morgan fingerprint density at radius 2 is 1.68 bits per heavy atom. The highest BCUT2D eigenvalue weighted by Crippen LogP contribution is 2.64. The molecule has 2 aliphatic heterocycles. The van der Waals surface area contributed by atoms with Gasteiger partial charge in [-0.3, -0.25) is 24.1 Å². The molecular weight excluding hydrogens is 472 g/mol. The van der Waals surface area contributed by atoms with Gasteiger partial charge >= 0.3 is 0 Å². The summed E-state index contributed by atoms with van der Waals surface area (Å²) in [5.41, 5.74) is 0.589. The molecule has 2 heterocycles. The quantitative estimate of drug-likeness (QED) is 0.513. The van der Waals surface area contributed by atoms with Crippen LogP contribution in [0.2, 0.25) is 0 Å². The van der Waals surface area contributed by atoms with Crippen LogP contribution in [0.15, 0.2) is 60.2 Å². The minimum atomic E-state index is -1.20. The predicted octanol–water partition coefficient (Wildman–Crippen LogP) is 3.26. The Kier molecular flexibility index (Phi) is 5.09. The number of carbonyl (C=O) groups excluding carboxylic acids is 4. The van der Waals surface area contributed by atoms with Crippen LogP contribution in [-0.2, 0) is 19.2 Å². The van der Waals surface area contributed by atoms with Crippen molar-refractivity contribution < 1.29 is 29.0 Å². The number of hydrogen-bond donors (Lipinski definition) is 1. The Balaban J connectivity index is 1.57. The zero-order valence-corrected chi connectivity index (χ0v) is 20.9. The number of nitrogens with zero attached hydrogens (tertiary/aromatic N) is 2. The lowest BCUT2D eigenvalue weighted by Crippen LogP contribution is -2.48. The monoisotopic (exact) mass is 500 g/mol. The van der Waals surface area contributed by atoms with Crippen molar-refractivity contribution >= 4 is 29.3 Å². The van der Waals surface area contributed by atoms with E-state index in [1.54, 1.807) is 49.4 Å². The molecule has 3 fully saturated rings. The van der Waals surface area contributed by atoms with Crippen LogP contribution in [0.1, 0.15) is 31.2 Å². The van der Waals surface area contributed by atoms with E-state index in [9.17, 15) is 24.3 Å². The maximum Gasteiger partial charge on any atom is 0.241 e. The first-order valence-electron chi connectivity index (χ1n) is 12.5. The fourth-order valence-corrected chi connectivity index (χ4v) is 7.28. The third-order valence-electron chi connectivity index (χ3n) is 9.07. The standard InChI is InChI=1S/C29H28N2O6/c1-29-20(26(34)31(28(29)36)15-8-5-4-6-9-15)14-19-16(12-13-17-22(19)27(35)30(2)25(17)33)23(29)18-10-7-11-21(37-3)24(18)32/h4-12,17,19-20,22-23,32H,13-14H2,1-3H3/t17-,19+,20-,22-,23+,29+/m0/s1. The van der Waals surface area contributed by atoms with Crippen molar-refractivity contribution in [2.24, 2.45) is 29.1 Å². The average Bonchev–Trinajstić information content (AvgIpc) is 3.24. The Hall–Kier alpha value is -3.94. The molecule has 8 nitrogen and oxygen atoms in total. The van der Waals surface area contributed by atoms with Gasteiger partial charge in [0, 0.05) is 18.5 Å². The summed E-state index contributed by atoms with van der Waals surface area (Å²) in [7, 11) is 2.96. The zero-order valence-electron chi connectivity index (χ0n) is 20.9. The lowest BCUT2D eigenvalue weighted by Gasteiger charge is -2.49. The lowest BCUT2D eigenvalue weighted by atomic mass is 9.51. The average molecular weight is 501 g/mol. The number of allylic oxidation sites excluding steroid dienone is 2. The summed E-state index contributed by atoms with van der Waals surface area (Å²) in [5, 5.41) is 11.2. The third kappa shape index (κ3) is 2.95. The molecule has 0 unspecified atom stereocenters. The number of methoxy groups -OCH3 is 1. The molecular formula is C29H28N2O6. The van der Waals surface area contributed by atoms with Crippen LogP contribution in [0.5, 0.6) is 11.5 Å². The number of phenolic OH excluding ortho intramolecular Hbond substituents is 1. The second-order valence-corrected chi connectivity index (χ2v) is 10.6. The number of imide groups is 2. The molecule has 0 aromatic heterocycles. The number of rotatable bonds is 3. The molecule has 1 saturated carbocycles. The summed E-state index contributed by atoms with van der Waals surface area (Å²) >= 11 is 0. The molecule has 4 amide bonds. The molecule has 2 aromatic rings. The van der Waals surface area contributed by atoms with Gasteiger partial charge in [0.2, 0.25) is 23.6 Å². The summed E-state index contributed by atoms with van der Waals surface area (Å²) in [6.45, 7) is 1.79. The van der Waals surface area contributed by atoms with Gasteiger partial charge in [0.25, 0.3) is 0 Å². The topological polar surface area (TPSA) is 104 Å². The van der Waals surface area contributed by atoms with E-state index < -0.39 is 35.0 Å². The number of phenols is 1. The first kappa shape index (κ1) is 23.5. The van der Waals surface area contributed by atoms with Gasteiger partial charge < -0.3 is 9.84 Å². The molecule has 6 atom stereocenters. The fraction of sp³-hybridized carbons (Fsp3) is 0.379. The van der Waals surface area contributed by atoms with Crippen molar-refractivity contribution in [3.63, 3.8) is 0 Å². The van der Waals surface area contributed by atoms with Gasteiger partial charge in [0.15, 0.2) is 11.5 Å². The number of aromatic hydroxyl groups is 1. The van der Waals surface area contributed by atoms with E-state index in [1.165, 1.54) is 24.0 Å². The Bertz CT molecular complexity index is 1380. The number of likely N-dealkylation sites (tertiary alicyclic amines) is 1. The van der Waals surface area contributed by atoms with Crippen LogP contribution in [0.3, 0.4) is 0 Å². The molecule has 190 valence electrons. The van der Waals surface area contributed by atoms with Crippen LogP contribution >= 0.6 is 0 Å². The number of carbonyl (C=O) groups is 4. The number of benzene rings is 2. The molecule has 2 aliphatic carbocycles. The molecule has 6 rings (SSSR count). The minimum absolute atomic E-state index is 0.0944. The van der Waals surface area contributed by atoms with E-state index in [1.807, 2.05) is 12.1 Å². The molecule has 4 aliphatic rings. The predicted molar refractivity (Wildman–Crippen MR) is 133 cm³/mol. The van der Waals surface area contributed by atoms with Crippen LogP contribution in [0.4, 0.5) is 5.69 Å². The van der Waals surface area contributed by atoms with Crippen LogP contribution in [-0.4, -0.2) is 47.8 Å². The SMILES string of the molecule is COc1cccc([C@H]2C3=CC[C@@H]4C(=O)N(C)C(=O)[C@@H]4[C@@H]3C[C@H]3C(=O)N(c4ccccc4)C(=O)[C@@]23C)c1O. The van der Waals surface area contributed by atoms with Gasteiger partial charge in [0.05, 0.1) is 36.0 Å². The third-order valence-corrected chi connectivity index (χ3v) is 9.07. The number of amides is 4. The highest BCUT2D eigenvalue weighted by atomic mass is 16.5. The van der Waals surface area contributed by atoms with Gasteiger partial charge in [-0.1, -0.05) is 42.0 Å². The van der Waals surface area contributed by atoms with E-state index >= 15 is 0 Å². The first-order valence-corrected chi connectivity index (χ1v) is 12.5. The number of para-hydroxylation sites is 2. The van der Waals surface area contributed by atoms with Crippen molar-refractivity contribution in [3.8, 4) is 11.5 Å². The van der Waals surface area contributed by atoms with E-state index in [0.29, 0.717) is 17.7 Å². The summed E-state index contributed by atoms with van der Waals surface area (Å²) < 4.78 is 5.37. The van der Waals surface area contributed by atoms with Gasteiger partial charge in [-0.05, 0) is 43.9 Å². The molecule has 1 N–H and O–H groups in total. The highest BCUT2D eigenvalue weighted by molar-refractivity contribution is 6.24. The van der Waals surface area contributed by atoms with Gasteiger partial charge in [-0.2, -0.15) is 0 Å². The summed E-state index contributed by atoms with van der Waals surface area (Å²) in [6.07, 6.45) is 2.62. The van der Waals surface area contributed by atoms with Crippen LogP contribution in [0.25, 0.3) is 0 Å². The number of fused-ring (bicyclic) bond motifs is 4. The van der Waals surface area contributed by atoms with Crippen LogP contribution in [0, 0.1) is 29.1 Å². The second-order valence-electron chi connectivity index (χ2n) is 10.6. The van der Waals surface area contributed by atoms with Crippen molar-refractivity contribution in [2.75, 3.05) is 19.1 Å². The number of anilines is 1. The summed E-state index contributed by atoms with van der Waals surface area (Å²) in [6, 6.07) is 14.0. The molecule has 2 saturated heterocycles. The molecule has 2 aromatic carbocycles. The maximum atomic E-state index is 14.2. The van der Waals surface area contributed by atoms with Gasteiger partial charge in [-0.15, -0.1) is 0 Å². The molecule has 0 spiro atoms.